The maximum atomic E-state index is 12.2. The van der Waals surface area contributed by atoms with Crippen molar-refractivity contribution in [3.05, 3.63) is 35.9 Å². The Labute approximate surface area is 130 Å². The molecule has 0 aliphatic carbocycles. The highest BCUT2D eigenvalue weighted by atomic mass is 16.7. The van der Waals surface area contributed by atoms with E-state index in [9.17, 15) is 4.79 Å². The number of carbonyl (C=O) groups is 1. The van der Waals surface area contributed by atoms with E-state index in [1.165, 1.54) is 0 Å². The van der Waals surface area contributed by atoms with Gasteiger partial charge in [0.15, 0.2) is 6.29 Å². The third kappa shape index (κ3) is 2.89. The van der Waals surface area contributed by atoms with Gasteiger partial charge >= 0.3 is 5.97 Å². The molecule has 0 saturated carbocycles. The van der Waals surface area contributed by atoms with Crippen LogP contribution < -0.4 is 0 Å². The monoisotopic (exact) mass is 306 g/mol. The molecule has 0 aromatic heterocycles. The normalized spacial score (nSPS) is 36.3. The first kappa shape index (κ1) is 15.5. The number of carbonyl (C=O) groups excluding carboxylic acids is 1. The van der Waals surface area contributed by atoms with Gasteiger partial charge in [-0.15, -0.1) is 0 Å². The lowest BCUT2D eigenvalue weighted by atomic mass is 9.97. The van der Waals surface area contributed by atoms with Crippen molar-refractivity contribution < 1.29 is 23.7 Å². The molecule has 2 heterocycles. The second-order valence-electron chi connectivity index (χ2n) is 5.94. The summed E-state index contributed by atoms with van der Waals surface area (Å²) < 4.78 is 22.6. The number of esters is 1. The fourth-order valence-electron chi connectivity index (χ4n) is 3.05. The lowest BCUT2D eigenvalue weighted by molar-refractivity contribution is -0.159. The Morgan fingerprint density at radius 1 is 1.14 bits per heavy atom. The van der Waals surface area contributed by atoms with Gasteiger partial charge < -0.3 is 18.9 Å². The number of rotatable bonds is 4. The molecule has 0 amide bonds. The molecule has 5 heteroatoms. The van der Waals surface area contributed by atoms with Crippen molar-refractivity contribution in [1.82, 2.24) is 0 Å². The highest BCUT2D eigenvalue weighted by molar-refractivity contribution is 5.75. The van der Waals surface area contributed by atoms with Crippen molar-refractivity contribution in [2.24, 2.45) is 5.92 Å². The predicted octanol–water partition coefficient (Wildman–Crippen LogP) is 2.46. The molecular weight excluding hydrogens is 284 g/mol. The quantitative estimate of drug-likeness (QED) is 0.800. The van der Waals surface area contributed by atoms with Gasteiger partial charge in [-0.05, 0) is 19.4 Å². The zero-order valence-electron chi connectivity index (χ0n) is 13.1. The number of benzene rings is 1. The standard InChI is InChI=1S/C17H22O5/c1-10-11(2)21-17(20-10)13-9-14(22-16(13)18)15(19-3)12-7-5-4-6-8-12/h4-8,10-11,13-15,17H,9H2,1-3H3. The second kappa shape index (κ2) is 6.36. The van der Waals surface area contributed by atoms with Gasteiger partial charge in [-0.3, -0.25) is 4.79 Å². The lowest BCUT2D eigenvalue weighted by Gasteiger charge is -2.21. The number of ether oxygens (including phenoxy) is 4. The minimum absolute atomic E-state index is 0.0100. The Bertz CT molecular complexity index is 507. The molecule has 2 saturated heterocycles. The smallest absolute Gasteiger partial charge is 0.314 e. The average Bonchev–Trinajstić information content (AvgIpc) is 3.04. The van der Waals surface area contributed by atoms with Gasteiger partial charge in [0.25, 0.3) is 0 Å². The van der Waals surface area contributed by atoms with Crippen LogP contribution in [0.25, 0.3) is 0 Å². The Morgan fingerprint density at radius 2 is 1.77 bits per heavy atom. The van der Waals surface area contributed by atoms with Gasteiger partial charge in [0.1, 0.15) is 18.1 Å². The van der Waals surface area contributed by atoms with E-state index in [2.05, 4.69) is 0 Å². The Balaban J connectivity index is 1.71. The summed E-state index contributed by atoms with van der Waals surface area (Å²) >= 11 is 0. The van der Waals surface area contributed by atoms with Crippen molar-refractivity contribution in [3.8, 4) is 0 Å². The third-order valence-electron chi connectivity index (χ3n) is 4.46. The van der Waals surface area contributed by atoms with Crippen LogP contribution in [0, 0.1) is 5.92 Å². The van der Waals surface area contributed by atoms with Crippen LogP contribution in [0.1, 0.15) is 31.9 Å². The van der Waals surface area contributed by atoms with Crippen LogP contribution in [0.15, 0.2) is 30.3 Å². The molecule has 1 aromatic carbocycles. The van der Waals surface area contributed by atoms with Crippen LogP contribution in [0.2, 0.25) is 0 Å². The highest BCUT2D eigenvalue weighted by Crippen LogP contribution is 2.37. The van der Waals surface area contributed by atoms with Crippen molar-refractivity contribution in [1.29, 1.82) is 0 Å². The van der Waals surface area contributed by atoms with Crippen molar-refractivity contribution in [2.45, 2.75) is 51.0 Å². The molecular formula is C17H22O5. The Kier molecular flexibility index (Phi) is 4.47. The lowest BCUT2D eigenvalue weighted by Crippen LogP contribution is -2.26. The second-order valence-corrected chi connectivity index (χ2v) is 5.94. The summed E-state index contributed by atoms with van der Waals surface area (Å²) in [6.45, 7) is 3.90. The van der Waals surface area contributed by atoms with Gasteiger partial charge in [0.05, 0.1) is 12.2 Å². The molecule has 22 heavy (non-hydrogen) atoms. The first-order chi connectivity index (χ1) is 10.6. The SMILES string of the molecule is COC(c1ccccc1)C1CC(C2OC(C)C(C)O2)C(=O)O1. The van der Waals surface area contributed by atoms with Gasteiger partial charge in [0, 0.05) is 13.5 Å². The van der Waals surface area contributed by atoms with E-state index in [4.69, 9.17) is 18.9 Å². The van der Waals surface area contributed by atoms with Gasteiger partial charge in [0.2, 0.25) is 0 Å². The number of methoxy groups -OCH3 is 1. The Morgan fingerprint density at radius 3 is 2.36 bits per heavy atom. The minimum Gasteiger partial charge on any atom is -0.459 e. The fourth-order valence-corrected chi connectivity index (χ4v) is 3.05. The van der Waals surface area contributed by atoms with Gasteiger partial charge in [-0.2, -0.15) is 0 Å². The van der Waals surface area contributed by atoms with Crippen molar-refractivity contribution in [2.75, 3.05) is 7.11 Å². The van der Waals surface area contributed by atoms with E-state index in [1.807, 2.05) is 44.2 Å². The summed E-state index contributed by atoms with van der Waals surface area (Å²) in [5.41, 5.74) is 0.999. The van der Waals surface area contributed by atoms with Crippen LogP contribution in [0.4, 0.5) is 0 Å². The van der Waals surface area contributed by atoms with E-state index in [0.29, 0.717) is 6.42 Å². The van der Waals surface area contributed by atoms with Crippen LogP contribution in [0.5, 0.6) is 0 Å². The topological polar surface area (TPSA) is 54.0 Å². The van der Waals surface area contributed by atoms with E-state index < -0.39 is 12.2 Å². The molecule has 5 atom stereocenters. The maximum absolute atomic E-state index is 12.2. The van der Waals surface area contributed by atoms with Crippen LogP contribution in [-0.2, 0) is 23.7 Å². The molecule has 120 valence electrons. The molecule has 5 unspecified atom stereocenters. The molecule has 2 aliphatic heterocycles. The molecule has 2 fully saturated rings. The molecule has 3 rings (SSSR count). The largest absolute Gasteiger partial charge is 0.459 e. The maximum Gasteiger partial charge on any atom is 0.314 e. The molecule has 2 aliphatic rings. The van der Waals surface area contributed by atoms with E-state index in [-0.39, 0.29) is 30.4 Å². The zero-order chi connectivity index (χ0) is 15.7. The summed E-state index contributed by atoms with van der Waals surface area (Å²) in [5, 5.41) is 0. The minimum atomic E-state index is -0.518. The molecule has 0 N–H and O–H groups in total. The summed E-state index contributed by atoms with van der Waals surface area (Å²) in [4.78, 5) is 12.2. The average molecular weight is 306 g/mol. The molecule has 0 radical (unpaired) electrons. The molecule has 1 aromatic rings. The van der Waals surface area contributed by atoms with Crippen molar-refractivity contribution >= 4 is 5.97 Å². The van der Waals surface area contributed by atoms with Crippen LogP contribution in [0.3, 0.4) is 0 Å². The zero-order valence-corrected chi connectivity index (χ0v) is 13.1. The van der Waals surface area contributed by atoms with E-state index >= 15 is 0 Å². The fraction of sp³-hybridized carbons (Fsp3) is 0.588. The number of cyclic esters (lactones) is 1. The van der Waals surface area contributed by atoms with Crippen LogP contribution in [-0.4, -0.2) is 37.7 Å². The number of hydrogen-bond acceptors (Lipinski definition) is 5. The first-order valence-corrected chi connectivity index (χ1v) is 7.69. The van der Waals surface area contributed by atoms with E-state index in [0.717, 1.165) is 5.56 Å². The number of hydrogen-bond donors (Lipinski definition) is 0. The molecule has 5 nitrogen and oxygen atoms in total. The third-order valence-corrected chi connectivity index (χ3v) is 4.46. The summed E-state index contributed by atoms with van der Waals surface area (Å²) in [5.74, 6) is -0.659. The summed E-state index contributed by atoms with van der Waals surface area (Å²) in [6, 6.07) is 9.79. The molecule has 0 bridgehead atoms. The van der Waals surface area contributed by atoms with Gasteiger partial charge in [-0.25, -0.2) is 0 Å². The Hall–Kier alpha value is -1.43. The van der Waals surface area contributed by atoms with Gasteiger partial charge in [-0.1, -0.05) is 30.3 Å². The van der Waals surface area contributed by atoms with E-state index in [1.54, 1.807) is 7.11 Å². The van der Waals surface area contributed by atoms with Crippen molar-refractivity contribution in [3.63, 3.8) is 0 Å². The first-order valence-electron chi connectivity index (χ1n) is 7.69. The highest BCUT2D eigenvalue weighted by Gasteiger charge is 2.48. The predicted molar refractivity (Wildman–Crippen MR) is 79.1 cm³/mol. The summed E-state index contributed by atoms with van der Waals surface area (Å²) in [7, 11) is 1.63. The molecule has 0 spiro atoms. The van der Waals surface area contributed by atoms with Crippen LogP contribution >= 0.6 is 0 Å². The summed E-state index contributed by atoms with van der Waals surface area (Å²) in [6.07, 6.45) is -0.588.